The van der Waals surface area contributed by atoms with Gasteiger partial charge in [0.25, 0.3) is 0 Å². The molecule has 0 unspecified atom stereocenters. The van der Waals surface area contributed by atoms with Gasteiger partial charge >= 0.3 is 6.09 Å². The highest BCUT2D eigenvalue weighted by Crippen LogP contribution is 2.33. The number of terminal acetylenes is 1. The number of rotatable bonds is 3. The number of nitrogens with zero attached hydrogens (tertiary/aromatic N) is 1. The number of ether oxygens (including phenoxy) is 1. The Morgan fingerprint density at radius 3 is 3.00 bits per heavy atom. The second-order valence-electron chi connectivity index (χ2n) is 4.77. The highest BCUT2D eigenvalue weighted by atomic mass is 35.5. The molecule has 0 saturated carbocycles. The van der Waals surface area contributed by atoms with Gasteiger partial charge in [0.1, 0.15) is 11.3 Å². The van der Waals surface area contributed by atoms with Crippen molar-refractivity contribution in [3.05, 3.63) is 41.4 Å². The van der Waals surface area contributed by atoms with Crippen LogP contribution < -0.4 is 5.32 Å². The van der Waals surface area contributed by atoms with E-state index in [9.17, 15) is 9.90 Å². The molecule has 0 aliphatic heterocycles. The summed E-state index contributed by atoms with van der Waals surface area (Å²) in [7, 11) is 0. The molecule has 0 saturated heterocycles. The number of halogens is 1. The fourth-order valence-corrected chi connectivity index (χ4v) is 2.26. The van der Waals surface area contributed by atoms with Crippen LogP contribution in [0.1, 0.15) is 0 Å². The minimum absolute atomic E-state index is 0.0834. The predicted molar refractivity (Wildman–Crippen MR) is 89.9 cm³/mol. The lowest BCUT2D eigenvalue weighted by atomic mass is 10.2. The van der Waals surface area contributed by atoms with Crippen molar-refractivity contribution in [3.8, 4) is 29.5 Å². The summed E-state index contributed by atoms with van der Waals surface area (Å²) in [5.41, 5.74) is 1.93. The largest absolute Gasteiger partial charge is 0.508 e. The van der Waals surface area contributed by atoms with Crippen molar-refractivity contribution < 1.29 is 19.1 Å². The Morgan fingerprint density at radius 1 is 1.38 bits per heavy atom. The van der Waals surface area contributed by atoms with E-state index in [1.807, 2.05) is 0 Å². The van der Waals surface area contributed by atoms with Crippen LogP contribution in [-0.4, -0.2) is 22.8 Å². The summed E-state index contributed by atoms with van der Waals surface area (Å²) in [6, 6.07) is 9.39. The molecule has 2 N–H and O–H groups in total. The number of oxazole rings is 1. The number of carbonyl (C=O) groups excluding carboxylic acids is 1. The van der Waals surface area contributed by atoms with E-state index in [-0.39, 0.29) is 18.2 Å². The van der Waals surface area contributed by atoms with Crippen LogP contribution in [-0.2, 0) is 4.74 Å². The minimum atomic E-state index is -0.677. The van der Waals surface area contributed by atoms with E-state index in [4.69, 9.17) is 27.2 Å². The average molecular weight is 343 g/mol. The van der Waals surface area contributed by atoms with Gasteiger partial charge in [0.05, 0.1) is 10.6 Å². The molecule has 6 nitrogen and oxygen atoms in total. The monoisotopic (exact) mass is 342 g/mol. The number of aromatic hydroxyl groups is 1. The summed E-state index contributed by atoms with van der Waals surface area (Å²) < 4.78 is 10.4. The van der Waals surface area contributed by atoms with E-state index < -0.39 is 6.09 Å². The van der Waals surface area contributed by atoms with Gasteiger partial charge in [-0.3, -0.25) is 5.32 Å². The molecule has 3 aromatic rings. The predicted octanol–water partition coefficient (Wildman–Crippen LogP) is 4.04. The Balaban J connectivity index is 1.93. The molecular weight excluding hydrogens is 332 g/mol. The number of anilines is 1. The number of nitrogens with one attached hydrogen (secondary N) is 1. The maximum Gasteiger partial charge on any atom is 0.412 e. The number of hydrogen-bond acceptors (Lipinski definition) is 5. The first kappa shape index (κ1) is 15.7. The highest BCUT2D eigenvalue weighted by molar-refractivity contribution is 6.33. The van der Waals surface area contributed by atoms with Gasteiger partial charge in [-0.25, -0.2) is 9.78 Å². The second kappa shape index (κ2) is 6.52. The molecule has 3 rings (SSSR count). The van der Waals surface area contributed by atoms with E-state index in [2.05, 4.69) is 16.2 Å². The van der Waals surface area contributed by atoms with Crippen molar-refractivity contribution in [1.29, 1.82) is 0 Å². The summed E-state index contributed by atoms with van der Waals surface area (Å²) in [4.78, 5) is 15.8. The van der Waals surface area contributed by atoms with E-state index in [1.54, 1.807) is 24.3 Å². The maximum absolute atomic E-state index is 11.6. The number of amides is 1. The van der Waals surface area contributed by atoms with Gasteiger partial charge < -0.3 is 14.3 Å². The molecule has 2 aromatic carbocycles. The highest BCUT2D eigenvalue weighted by Gasteiger charge is 2.14. The molecule has 7 heteroatoms. The van der Waals surface area contributed by atoms with Crippen molar-refractivity contribution >= 4 is 34.5 Å². The number of benzene rings is 2. The number of fused-ring (bicyclic) bond motifs is 1. The quantitative estimate of drug-likeness (QED) is 0.702. The third-order valence-electron chi connectivity index (χ3n) is 3.10. The van der Waals surface area contributed by atoms with E-state index >= 15 is 0 Å². The lowest BCUT2D eigenvalue weighted by Gasteiger charge is -2.07. The Labute approximate surface area is 142 Å². The van der Waals surface area contributed by atoms with Gasteiger partial charge in [0.2, 0.25) is 5.89 Å². The summed E-state index contributed by atoms with van der Waals surface area (Å²) >= 11 is 6.19. The van der Waals surface area contributed by atoms with Crippen molar-refractivity contribution in [2.75, 3.05) is 11.9 Å². The standard InChI is InChI=1S/C17H11ClN2O4/c1-2-7-23-17(22)19-10-3-5-13(18)12(8-10)16-20-14-9-11(21)4-6-15(14)24-16/h1,3-6,8-9,21H,7H2,(H,19,22). The van der Waals surface area contributed by atoms with Gasteiger partial charge in [0.15, 0.2) is 12.2 Å². The number of phenols is 1. The fourth-order valence-electron chi connectivity index (χ4n) is 2.06. The maximum atomic E-state index is 11.6. The number of hydrogen-bond donors (Lipinski definition) is 2. The van der Waals surface area contributed by atoms with E-state index in [0.29, 0.717) is 27.4 Å². The summed E-state index contributed by atoms with van der Waals surface area (Å²) in [5.74, 6) is 2.55. The Kier molecular flexibility index (Phi) is 4.27. The van der Waals surface area contributed by atoms with E-state index in [0.717, 1.165) is 0 Å². The smallest absolute Gasteiger partial charge is 0.412 e. The molecule has 0 spiro atoms. The minimum Gasteiger partial charge on any atom is -0.508 e. The molecule has 24 heavy (non-hydrogen) atoms. The van der Waals surface area contributed by atoms with Gasteiger partial charge in [-0.1, -0.05) is 17.5 Å². The first-order valence-electron chi connectivity index (χ1n) is 6.83. The first-order valence-corrected chi connectivity index (χ1v) is 7.21. The molecule has 0 bridgehead atoms. The molecule has 0 atom stereocenters. The van der Waals surface area contributed by atoms with Crippen LogP contribution in [0.25, 0.3) is 22.6 Å². The Bertz CT molecular complexity index is 959. The van der Waals surface area contributed by atoms with Crippen LogP contribution >= 0.6 is 11.6 Å². The molecule has 1 amide bonds. The fraction of sp³-hybridized carbons (Fsp3) is 0.0588. The first-order chi connectivity index (χ1) is 11.6. The summed E-state index contributed by atoms with van der Waals surface area (Å²) in [5, 5.41) is 12.4. The third-order valence-corrected chi connectivity index (χ3v) is 3.43. The molecule has 0 aliphatic rings. The van der Waals surface area contributed by atoms with Gasteiger partial charge in [-0.2, -0.15) is 0 Å². The van der Waals surface area contributed by atoms with Crippen LogP contribution in [0.15, 0.2) is 40.8 Å². The number of phenolic OH excluding ortho intramolecular Hbond substituents is 1. The van der Waals surface area contributed by atoms with Gasteiger partial charge in [0, 0.05) is 11.8 Å². The molecule has 0 aliphatic carbocycles. The lowest BCUT2D eigenvalue weighted by Crippen LogP contribution is -2.13. The Hall–Kier alpha value is -3.17. The van der Waals surface area contributed by atoms with Crippen LogP contribution in [0, 0.1) is 12.3 Å². The Morgan fingerprint density at radius 2 is 2.21 bits per heavy atom. The average Bonchev–Trinajstić information content (AvgIpc) is 2.97. The zero-order valence-electron chi connectivity index (χ0n) is 12.2. The summed E-state index contributed by atoms with van der Waals surface area (Å²) in [6.07, 6.45) is 4.35. The van der Waals surface area contributed by atoms with Crippen molar-refractivity contribution in [2.45, 2.75) is 0 Å². The van der Waals surface area contributed by atoms with Gasteiger partial charge in [-0.05, 0) is 30.3 Å². The lowest BCUT2D eigenvalue weighted by molar-refractivity contribution is 0.176. The SMILES string of the molecule is C#CCOC(=O)Nc1ccc(Cl)c(-c2nc3cc(O)ccc3o2)c1. The van der Waals surface area contributed by atoms with Crippen molar-refractivity contribution in [1.82, 2.24) is 4.98 Å². The van der Waals surface area contributed by atoms with Crippen LogP contribution in [0.5, 0.6) is 5.75 Å². The van der Waals surface area contributed by atoms with Crippen molar-refractivity contribution in [3.63, 3.8) is 0 Å². The van der Waals surface area contributed by atoms with Crippen molar-refractivity contribution in [2.24, 2.45) is 0 Å². The molecule has 0 fully saturated rings. The molecular formula is C17H11ClN2O4. The van der Waals surface area contributed by atoms with E-state index in [1.165, 1.54) is 12.1 Å². The summed E-state index contributed by atoms with van der Waals surface area (Å²) in [6.45, 7) is -0.124. The molecule has 1 heterocycles. The van der Waals surface area contributed by atoms with Crippen LogP contribution in [0.3, 0.4) is 0 Å². The third kappa shape index (κ3) is 3.26. The number of aromatic nitrogens is 1. The molecule has 0 radical (unpaired) electrons. The molecule has 120 valence electrons. The zero-order valence-corrected chi connectivity index (χ0v) is 13.0. The molecule has 1 aromatic heterocycles. The topological polar surface area (TPSA) is 84.6 Å². The van der Waals surface area contributed by atoms with Gasteiger partial charge in [-0.15, -0.1) is 6.42 Å². The van der Waals surface area contributed by atoms with Crippen LogP contribution in [0.2, 0.25) is 5.02 Å². The van der Waals surface area contributed by atoms with Crippen LogP contribution in [0.4, 0.5) is 10.5 Å². The number of carbonyl (C=O) groups is 1. The second-order valence-corrected chi connectivity index (χ2v) is 5.18. The normalized spacial score (nSPS) is 10.3. The zero-order chi connectivity index (χ0) is 17.1.